The summed E-state index contributed by atoms with van der Waals surface area (Å²) < 4.78 is 12.8. The minimum absolute atomic E-state index is 0.228. The SMILES string of the molecule is Fc1ccc(CNc2nc(-c3ccccc3Cl)cs2)cc1. The summed E-state index contributed by atoms with van der Waals surface area (Å²) in [6.45, 7) is 0.607. The summed E-state index contributed by atoms with van der Waals surface area (Å²) in [5.74, 6) is -0.228. The van der Waals surface area contributed by atoms with E-state index in [2.05, 4.69) is 10.3 Å². The fourth-order valence-electron chi connectivity index (χ4n) is 1.93. The number of nitrogens with one attached hydrogen (secondary N) is 1. The van der Waals surface area contributed by atoms with Crippen molar-refractivity contribution in [3.8, 4) is 11.3 Å². The highest BCUT2D eigenvalue weighted by molar-refractivity contribution is 7.14. The standard InChI is InChI=1S/C16H12ClFN2S/c17-14-4-2-1-3-13(14)15-10-21-16(20-15)19-9-11-5-7-12(18)8-6-11/h1-8,10H,9H2,(H,19,20). The van der Waals surface area contributed by atoms with Gasteiger partial charge in [-0.05, 0) is 23.8 Å². The molecule has 0 saturated heterocycles. The second-order valence-corrected chi connectivity index (χ2v) is 5.76. The van der Waals surface area contributed by atoms with Crippen molar-refractivity contribution in [2.45, 2.75) is 6.54 Å². The summed E-state index contributed by atoms with van der Waals surface area (Å²) in [4.78, 5) is 4.52. The van der Waals surface area contributed by atoms with Crippen LogP contribution >= 0.6 is 22.9 Å². The first-order chi connectivity index (χ1) is 10.2. The Balaban J connectivity index is 1.71. The summed E-state index contributed by atoms with van der Waals surface area (Å²) in [6.07, 6.45) is 0. The summed E-state index contributed by atoms with van der Waals surface area (Å²) in [5, 5.41) is 6.70. The van der Waals surface area contributed by atoms with Crippen molar-refractivity contribution >= 4 is 28.1 Å². The molecule has 0 aliphatic carbocycles. The number of anilines is 1. The van der Waals surface area contributed by atoms with Gasteiger partial charge in [-0.3, -0.25) is 0 Å². The molecule has 2 aromatic carbocycles. The van der Waals surface area contributed by atoms with Crippen LogP contribution in [0.3, 0.4) is 0 Å². The Morgan fingerprint density at radius 3 is 2.62 bits per heavy atom. The number of nitrogens with zero attached hydrogens (tertiary/aromatic N) is 1. The van der Waals surface area contributed by atoms with Gasteiger partial charge >= 0.3 is 0 Å². The highest BCUT2D eigenvalue weighted by atomic mass is 35.5. The highest BCUT2D eigenvalue weighted by Gasteiger charge is 2.07. The van der Waals surface area contributed by atoms with Crippen molar-refractivity contribution < 1.29 is 4.39 Å². The molecule has 1 heterocycles. The van der Waals surface area contributed by atoms with Gasteiger partial charge in [0, 0.05) is 22.5 Å². The van der Waals surface area contributed by atoms with E-state index in [1.807, 2.05) is 29.6 Å². The van der Waals surface area contributed by atoms with Crippen molar-refractivity contribution in [2.24, 2.45) is 0 Å². The molecule has 0 radical (unpaired) electrons. The number of thiazole rings is 1. The second kappa shape index (κ2) is 6.24. The van der Waals surface area contributed by atoms with Crippen LogP contribution in [0.2, 0.25) is 5.02 Å². The number of aromatic nitrogens is 1. The maximum atomic E-state index is 12.8. The van der Waals surface area contributed by atoms with E-state index < -0.39 is 0 Å². The molecule has 1 N–H and O–H groups in total. The normalized spacial score (nSPS) is 10.6. The summed E-state index contributed by atoms with van der Waals surface area (Å²) >= 11 is 7.69. The molecule has 1 aromatic heterocycles. The molecule has 0 bridgehead atoms. The molecule has 0 unspecified atom stereocenters. The molecular formula is C16H12ClFN2S. The van der Waals surface area contributed by atoms with Gasteiger partial charge < -0.3 is 5.32 Å². The molecule has 3 aromatic rings. The molecule has 2 nitrogen and oxygen atoms in total. The van der Waals surface area contributed by atoms with Gasteiger partial charge in [0.25, 0.3) is 0 Å². The van der Waals surface area contributed by atoms with Crippen molar-refractivity contribution in [3.63, 3.8) is 0 Å². The Hall–Kier alpha value is -1.91. The van der Waals surface area contributed by atoms with E-state index in [1.165, 1.54) is 23.5 Å². The quantitative estimate of drug-likeness (QED) is 0.714. The zero-order valence-electron chi connectivity index (χ0n) is 11.0. The van der Waals surface area contributed by atoms with E-state index in [0.717, 1.165) is 22.0 Å². The Bertz CT molecular complexity index is 740. The number of hydrogen-bond acceptors (Lipinski definition) is 3. The maximum absolute atomic E-state index is 12.8. The average Bonchev–Trinajstić information content (AvgIpc) is 2.96. The predicted molar refractivity (Wildman–Crippen MR) is 86.3 cm³/mol. The fraction of sp³-hybridized carbons (Fsp3) is 0.0625. The fourth-order valence-corrected chi connectivity index (χ4v) is 2.87. The first kappa shape index (κ1) is 14.0. The van der Waals surface area contributed by atoms with E-state index in [9.17, 15) is 4.39 Å². The van der Waals surface area contributed by atoms with Gasteiger partial charge in [0.15, 0.2) is 5.13 Å². The third kappa shape index (κ3) is 3.40. The lowest BCUT2D eigenvalue weighted by Gasteiger charge is -2.03. The Labute approximate surface area is 131 Å². The molecule has 0 saturated carbocycles. The van der Waals surface area contributed by atoms with Gasteiger partial charge in [0.1, 0.15) is 5.82 Å². The largest absolute Gasteiger partial charge is 0.357 e. The van der Waals surface area contributed by atoms with Crippen LogP contribution in [0.4, 0.5) is 9.52 Å². The molecular weight excluding hydrogens is 307 g/mol. The topological polar surface area (TPSA) is 24.9 Å². The monoisotopic (exact) mass is 318 g/mol. The lowest BCUT2D eigenvalue weighted by atomic mass is 10.2. The molecule has 0 amide bonds. The summed E-state index contributed by atoms with van der Waals surface area (Å²) in [6, 6.07) is 14.0. The molecule has 3 rings (SSSR count). The van der Waals surface area contributed by atoms with E-state index in [1.54, 1.807) is 12.1 Å². The highest BCUT2D eigenvalue weighted by Crippen LogP contribution is 2.30. The van der Waals surface area contributed by atoms with Crippen LogP contribution in [0.25, 0.3) is 11.3 Å². The number of halogens is 2. The minimum Gasteiger partial charge on any atom is -0.357 e. The smallest absolute Gasteiger partial charge is 0.183 e. The van der Waals surface area contributed by atoms with Crippen molar-refractivity contribution in [1.82, 2.24) is 4.98 Å². The van der Waals surface area contributed by atoms with Crippen LogP contribution in [0.15, 0.2) is 53.9 Å². The second-order valence-electron chi connectivity index (χ2n) is 4.50. The molecule has 106 valence electrons. The molecule has 0 atom stereocenters. The van der Waals surface area contributed by atoms with Crippen LogP contribution in [0.1, 0.15) is 5.56 Å². The van der Waals surface area contributed by atoms with Crippen LogP contribution in [0.5, 0.6) is 0 Å². The molecule has 0 spiro atoms. The van der Waals surface area contributed by atoms with Crippen LogP contribution in [-0.2, 0) is 6.54 Å². The Morgan fingerprint density at radius 1 is 1.10 bits per heavy atom. The van der Waals surface area contributed by atoms with E-state index >= 15 is 0 Å². The van der Waals surface area contributed by atoms with Gasteiger partial charge in [-0.1, -0.05) is 41.9 Å². The Morgan fingerprint density at radius 2 is 1.86 bits per heavy atom. The van der Waals surface area contributed by atoms with E-state index in [-0.39, 0.29) is 5.82 Å². The molecule has 21 heavy (non-hydrogen) atoms. The minimum atomic E-state index is -0.228. The third-order valence-corrected chi connectivity index (χ3v) is 4.14. The lowest BCUT2D eigenvalue weighted by molar-refractivity contribution is 0.627. The first-order valence-electron chi connectivity index (χ1n) is 6.41. The zero-order chi connectivity index (χ0) is 14.7. The average molecular weight is 319 g/mol. The summed E-state index contributed by atoms with van der Waals surface area (Å²) in [5.41, 5.74) is 2.78. The molecule has 5 heteroatoms. The maximum Gasteiger partial charge on any atom is 0.183 e. The zero-order valence-corrected chi connectivity index (χ0v) is 12.6. The number of rotatable bonds is 4. The van der Waals surface area contributed by atoms with Gasteiger partial charge in [-0.25, -0.2) is 9.37 Å². The summed E-state index contributed by atoms with van der Waals surface area (Å²) in [7, 11) is 0. The molecule has 0 aliphatic heterocycles. The van der Waals surface area contributed by atoms with Gasteiger partial charge in [0.2, 0.25) is 0 Å². The van der Waals surface area contributed by atoms with Gasteiger partial charge in [0.05, 0.1) is 5.69 Å². The van der Waals surface area contributed by atoms with Crippen LogP contribution in [0, 0.1) is 5.82 Å². The molecule has 0 fully saturated rings. The Kier molecular flexibility index (Phi) is 4.18. The van der Waals surface area contributed by atoms with Crippen LogP contribution < -0.4 is 5.32 Å². The van der Waals surface area contributed by atoms with Gasteiger partial charge in [-0.2, -0.15) is 0 Å². The predicted octanol–water partition coefficient (Wildman–Crippen LogP) is 5.21. The van der Waals surface area contributed by atoms with E-state index in [4.69, 9.17) is 11.6 Å². The van der Waals surface area contributed by atoms with E-state index in [0.29, 0.717) is 11.6 Å². The van der Waals surface area contributed by atoms with Gasteiger partial charge in [-0.15, -0.1) is 11.3 Å². The van der Waals surface area contributed by atoms with Crippen molar-refractivity contribution in [1.29, 1.82) is 0 Å². The molecule has 0 aliphatic rings. The number of hydrogen-bond donors (Lipinski definition) is 1. The third-order valence-electron chi connectivity index (χ3n) is 3.01. The van der Waals surface area contributed by atoms with Crippen molar-refractivity contribution in [3.05, 3.63) is 70.3 Å². The number of benzene rings is 2. The first-order valence-corrected chi connectivity index (χ1v) is 7.67. The van der Waals surface area contributed by atoms with Crippen LogP contribution in [-0.4, -0.2) is 4.98 Å². The van der Waals surface area contributed by atoms with Crippen molar-refractivity contribution in [2.75, 3.05) is 5.32 Å². The lowest BCUT2D eigenvalue weighted by Crippen LogP contribution is -1.98.